The molecule has 0 aliphatic heterocycles. The number of phenolic OH excluding ortho intramolecular Hbond substituents is 2. The van der Waals surface area contributed by atoms with Crippen LogP contribution >= 0.6 is 0 Å². The first kappa shape index (κ1) is 15.3. The van der Waals surface area contributed by atoms with Crippen LogP contribution in [0.25, 0.3) is 0 Å². The number of carbonyl (C=O) groups is 1. The lowest BCUT2D eigenvalue weighted by Crippen LogP contribution is -1.99. The van der Waals surface area contributed by atoms with Crippen molar-refractivity contribution in [3.8, 4) is 11.5 Å². The maximum atomic E-state index is 11.8. The van der Waals surface area contributed by atoms with Crippen LogP contribution in [0, 0.1) is 0 Å². The van der Waals surface area contributed by atoms with Gasteiger partial charge in [0.05, 0.1) is 0 Å². The SMILES string of the molecule is O=C(c1ccccc1)c1ccccc1.Oc1ccc(O)cc1. The Morgan fingerprint density at radius 1 is 0.545 bits per heavy atom. The third-order valence-corrected chi connectivity index (χ3v) is 2.92. The molecule has 0 aliphatic carbocycles. The smallest absolute Gasteiger partial charge is 0.193 e. The van der Waals surface area contributed by atoms with Gasteiger partial charge in [-0.15, -0.1) is 0 Å². The van der Waals surface area contributed by atoms with Crippen LogP contribution in [0.1, 0.15) is 15.9 Å². The predicted molar refractivity (Wildman–Crippen MR) is 86.1 cm³/mol. The number of hydrogen-bond donors (Lipinski definition) is 2. The summed E-state index contributed by atoms with van der Waals surface area (Å²) in [6.07, 6.45) is 0. The summed E-state index contributed by atoms with van der Waals surface area (Å²) in [5, 5.41) is 17.3. The van der Waals surface area contributed by atoms with Gasteiger partial charge in [0.1, 0.15) is 11.5 Å². The summed E-state index contributed by atoms with van der Waals surface area (Å²) in [5.41, 5.74) is 1.47. The van der Waals surface area contributed by atoms with E-state index in [1.165, 1.54) is 24.3 Å². The third-order valence-electron chi connectivity index (χ3n) is 2.92. The zero-order valence-corrected chi connectivity index (χ0v) is 11.9. The number of phenols is 2. The van der Waals surface area contributed by atoms with Crippen molar-refractivity contribution in [2.45, 2.75) is 0 Å². The Kier molecular flexibility index (Phi) is 5.32. The minimum absolute atomic E-state index is 0.0752. The molecule has 0 fully saturated rings. The van der Waals surface area contributed by atoms with Crippen LogP contribution in [-0.2, 0) is 0 Å². The molecule has 0 radical (unpaired) electrons. The molecule has 3 nitrogen and oxygen atoms in total. The van der Waals surface area contributed by atoms with E-state index in [1.807, 2.05) is 60.7 Å². The summed E-state index contributed by atoms with van der Waals surface area (Å²) in [4.78, 5) is 11.8. The van der Waals surface area contributed by atoms with Crippen molar-refractivity contribution in [3.05, 3.63) is 96.1 Å². The number of ketones is 1. The molecule has 3 aromatic carbocycles. The lowest BCUT2D eigenvalue weighted by molar-refractivity contribution is 0.103. The first-order valence-electron chi connectivity index (χ1n) is 6.79. The van der Waals surface area contributed by atoms with Gasteiger partial charge in [0.15, 0.2) is 5.78 Å². The molecule has 0 amide bonds. The number of rotatable bonds is 2. The summed E-state index contributed by atoms with van der Waals surface area (Å²) in [6.45, 7) is 0. The van der Waals surface area contributed by atoms with Crippen LogP contribution < -0.4 is 0 Å². The molecule has 3 heteroatoms. The third kappa shape index (κ3) is 4.49. The Bertz CT molecular complexity index is 642. The highest BCUT2D eigenvalue weighted by Gasteiger charge is 2.06. The zero-order chi connectivity index (χ0) is 15.8. The molecular formula is C19H16O3. The molecule has 3 aromatic rings. The van der Waals surface area contributed by atoms with Gasteiger partial charge >= 0.3 is 0 Å². The van der Waals surface area contributed by atoms with Crippen LogP contribution in [0.2, 0.25) is 0 Å². The van der Waals surface area contributed by atoms with Crippen molar-refractivity contribution in [1.82, 2.24) is 0 Å². The Morgan fingerprint density at radius 2 is 0.864 bits per heavy atom. The standard InChI is InChI=1S/C13H10O.C6H6O2/c14-13(11-7-3-1-4-8-11)12-9-5-2-6-10-12;7-5-1-2-6(8)4-3-5/h1-10H;1-4,7-8H. The fraction of sp³-hybridized carbons (Fsp3) is 0. The molecule has 0 aliphatic rings. The molecule has 2 N–H and O–H groups in total. The van der Waals surface area contributed by atoms with Crippen molar-refractivity contribution in [3.63, 3.8) is 0 Å². The van der Waals surface area contributed by atoms with Gasteiger partial charge in [0.2, 0.25) is 0 Å². The van der Waals surface area contributed by atoms with Gasteiger partial charge < -0.3 is 10.2 Å². The summed E-state index contributed by atoms with van der Waals surface area (Å²) < 4.78 is 0. The highest BCUT2D eigenvalue weighted by Crippen LogP contribution is 2.13. The Labute approximate surface area is 129 Å². The maximum Gasteiger partial charge on any atom is 0.193 e. The van der Waals surface area contributed by atoms with Gasteiger partial charge in [0.25, 0.3) is 0 Å². The highest BCUT2D eigenvalue weighted by molar-refractivity contribution is 6.08. The van der Waals surface area contributed by atoms with Crippen LogP contribution in [0.4, 0.5) is 0 Å². The monoisotopic (exact) mass is 292 g/mol. The molecule has 0 bridgehead atoms. The second-order valence-electron chi connectivity index (χ2n) is 4.58. The fourth-order valence-corrected chi connectivity index (χ4v) is 1.80. The average molecular weight is 292 g/mol. The lowest BCUT2D eigenvalue weighted by Gasteiger charge is -1.99. The second-order valence-corrected chi connectivity index (χ2v) is 4.58. The molecule has 0 unspecified atom stereocenters. The number of hydrogen-bond acceptors (Lipinski definition) is 3. The zero-order valence-electron chi connectivity index (χ0n) is 11.9. The van der Waals surface area contributed by atoms with E-state index in [9.17, 15) is 4.79 Å². The molecule has 110 valence electrons. The molecule has 0 heterocycles. The first-order valence-corrected chi connectivity index (χ1v) is 6.79. The predicted octanol–water partition coefficient (Wildman–Crippen LogP) is 4.02. The largest absolute Gasteiger partial charge is 0.508 e. The van der Waals surface area contributed by atoms with E-state index in [2.05, 4.69) is 0 Å². The van der Waals surface area contributed by atoms with Gasteiger partial charge in [-0.05, 0) is 24.3 Å². The summed E-state index contributed by atoms with van der Waals surface area (Å²) in [5.74, 6) is 0.414. The summed E-state index contributed by atoms with van der Waals surface area (Å²) in [6, 6.07) is 24.3. The molecule has 0 spiro atoms. The molecule has 0 aromatic heterocycles. The van der Waals surface area contributed by atoms with Crippen LogP contribution in [0.3, 0.4) is 0 Å². The molecule has 0 saturated carbocycles. The molecule has 0 atom stereocenters. The van der Waals surface area contributed by atoms with Gasteiger partial charge in [0, 0.05) is 11.1 Å². The quantitative estimate of drug-likeness (QED) is 0.554. The molecule has 0 saturated heterocycles. The number of benzene rings is 3. The Morgan fingerprint density at radius 3 is 1.18 bits per heavy atom. The number of carbonyl (C=O) groups excluding carboxylic acids is 1. The fourth-order valence-electron chi connectivity index (χ4n) is 1.80. The summed E-state index contributed by atoms with van der Waals surface area (Å²) in [7, 11) is 0. The van der Waals surface area contributed by atoms with Gasteiger partial charge in [-0.1, -0.05) is 60.7 Å². The topological polar surface area (TPSA) is 57.5 Å². The van der Waals surface area contributed by atoms with Crippen molar-refractivity contribution in [2.75, 3.05) is 0 Å². The van der Waals surface area contributed by atoms with Crippen molar-refractivity contribution >= 4 is 5.78 Å². The van der Waals surface area contributed by atoms with E-state index in [-0.39, 0.29) is 17.3 Å². The Hall–Kier alpha value is -3.07. The highest BCUT2D eigenvalue weighted by atomic mass is 16.3. The van der Waals surface area contributed by atoms with Gasteiger partial charge in [-0.25, -0.2) is 0 Å². The minimum Gasteiger partial charge on any atom is -0.508 e. The van der Waals surface area contributed by atoms with E-state index >= 15 is 0 Å². The minimum atomic E-state index is 0.0752. The van der Waals surface area contributed by atoms with E-state index < -0.39 is 0 Å². The van der Waals surface area contributed by atoms with Crippen molar-refractivity contribution in [2.24, 2.45) is 0 Å². The normalized spacial score (nSPS) is 9.45. The maximum absolute atomic E-state index is 11.8. The van der Waals surface area contributed by atoms with Gasteiger partial charge in [-0.3, -0.25) is 4.79 Å². The lowest BCUT2D eigenvalue weighted by atomic mass is 10.0. The van der Waals surface area contributed by atoms with Crippen molar-refractivity contribution in [1.29, 1.82) is 0 Å². The summed E-state index contributed by atoms with van der Waals surface area (Å²) >= 11 is 0. The van der Waals surface area contributed by atoms with Crippen LogP contribution in [0.15, 0.2) is 84.9 Å². The number of aromatic hydroxyl groups is 2. The molecule has 3 rings (SSSR count). The molecule has 22 heavy (non-hydrogen) atoms. The van der Waals surface area contributed by atoms with E-state index in [0.717, 1.165) is 11.1 Å². The van der Waals surface area contributed by atoms with Gasteiger partial charge in [-0.2, -0.15) is 0 Å². The van der Waals surface area contributed by atoms with E-state index in [1.54, 1.807) is 0 Å². The van der Waals surface area contributed by atoms with E-state index in [0.29, 0.717) is 0 Å². The second kappa shape index (κ2) is 7.64. The van der Waals surface area contributed by atoms with E-state index in [4.69, 9.17) is 10.2 Å². The van der Waals surface area contributed by atoms with Crippen LogP contribution in [-0.4, -0.2) is 16.0 Å². The Balaban J connectivity index is 0.000000188. The van der Waals surface area contributed by atoms with Crippen LogP contribution in [0.5, 0.6) is 11.5 Å². The average Bonchev–Trinajstić information content (AvgIpc) is 2.59. The first-order chi connectivity index (χ1) is 10.7. The molecular weight excluding hydrogens is 276 g/mol. The van der Waals surface area contributed by atoms with Crippen molar-refractivity contribution < 1.29 is 15.0 Å².